The second kappa shape index (κ2) is 7.21. The van der Waals surface area contributed by atoms with Crippen molar-refractivity contribution in [1.82, 2.24) is 5.32 Å². The average Bonchev–Trinajstić information content (AvgIpc) is 3.12. The third-order valence-electron chi connectivity index (χ3n) is 3.10. The summed E-state index contributed by atoms with van der Waals surface area (Å²) < 4.78 is 5.69. The van der Waals surface area contributed by atoms with Crippen LogP contribution in [0.2, 0.25) is 5.02 Å². The molecule has 1 fully saturated rings. The fraction of sp³-hybridized carbons (Fsp3) is 0.125. The van der Waals surface area contributed by atoms with Gasteiger partial charge in [0.15, 0.2) is 0 Å². The Bertz CT molecular complexity index is 772. The van der Waals surface area contributed by atoms with Gasteiger partial charge >= 0.3 is 0 Å². The van der Waals surface area contributed by atoms with E-state index in [-0.39, 0.29) is 5.24 Å². The fourth-order valence-electron chi connectivity index (χ4n) is 2.00. The largest absolute Gasteiger partial charge is 0.493 e. The highest BCUT2D eigenvalue weighted by molar-refractivity contribution is 8.18. The van der Waals surface area contributed by atoms with Crippen molar-refractivity contribution in [2.24, 2.45) is 0 Å². The lowest BCUT2D eigenvalue weighted by atomic mass is 10.2. The molecular formula is C16H12ClNO3S2. The van der Waals surface area contributed by atoms with Gasteiger partial charge in [-0.1, -0.05) is 17.7 Å². The Morgan fingerprint density at radius 3 is 2.78 bits per heavy atom. The number of benzene rings is 1. The van der Waals surface area contributed by atoms with Crippen LogP contribution in [0.4, 0.5) is 4.79 Å². The molecule has 0 unspecified atom stereocenters. The molecule has 0 radical (unpaired) electrons. The minimum Gasteiger partial charge on any atom is -0.493 e. The smallest absolute Gasteiger partial charge is 0.290 e. The number of hydrogen-bond donors (Lipinski definition) is 1. The molecule has 0 spiro atoms. The minimum atomic E-state index is -0.396. The van der Waals surface area contributed by atoms with Crippen LogP contribution < -0.4 is 10.1 Å². The van der Waals surface area contributed by atoms with Crippen molar-refractivity contribution in [2.75, 3.05) is 6.61 Å². The zero-order valence-electron chi connectivity index (χ0n) is 11.9. The Morgan fingerprint density at radius 1 is 1.26 bits per heavy atom. The number of halogens is 1. The quantitative estimate of drug-likeness (QED) is 0.800. The molecule has 4 nitrogen and oxygen atoms in total. The van der Waals surface area contributed by atoms with Gasteiger partial charge in [0.2, 0.25) is 0 Å². The van der Waals surface area contributed by atoms with Crippen LogP contribution in [0.5, 0.6) is 5.75 Å². The molecule has 0 bridgehead atoms. The van der Waals surface area contributed by atoms with Gasteiger partial charge in [-0.05, 0) is 53.0 Å². The molecule has 0 saturated carbocycles. The van der Waals surface area contributed by atoms with Gasteiger partial charge in [0.25, 0.3) is 11.1 Å². The molecule has 0 aliphatic carbocycles. The van der Waals surface area contributed by atoms with Crippen LogP contribution in [-0.4, -0.2) is 17.8 Å². The number of amides is 2. The van der Waals surface area contributed by atoms with Gasteiger partial charge in [-0.25, -0.2) is 0 Å². The molecule has 23 heavy (non-hydrogen) atoms. The average molecular weight is 366 g/mol. The van der Waals surface area contributed by atoms with Crippen LogP contribution in [0.1, 0.15) is 10.4 Å². The molecule has 0 atom stereocenters. The lowest BCUT2D eigenvalue weighted by Gasteiger charge is -2.07. The number of hydrogen-bond acceptors (Lipinski definition) is 5. The molecule has 2 heterocycles. The highest BCUT2D eigenvalue weighted by Crippen LogP contribution is 2.30. The van der Waals surface area contributed by atoms with Crippen LogP contribution in [0.25, 0.3) is 6.08 Å². The molecule has 2 aromatic rings. The van der Waals surface area contributed by atoms with Crippen LogP contribution >= 0.6 is 34.7 Å². The van der Waals surface area contributed by atoms with Crippen molar-refractivity contribution in [3.63, 3.8) is 0 Å². The van der Waals surface area contributed by atoms with E-state index < -0.39 is 5.91 Å². The van der Waals surface area contributed by atoms with E-state index in [1.54, 1.807) is 35.6 Å². The predicted octanol–water partition coefficient (Wildman–Crippen LogP) is 4.35. The summed E-state index contributed by atoms with van der Waals surface area (Å²) in [6, 6.07) is 9.36. The van der Waals surface area contributed by atoms with Gasteiger partial charge in [0.05, 0.1) is 16.5 Å². The molecular weight excluding hydrogens is 354 g/mol. The van der Waals surface area contributed by atoms with Crippen molar-refractivity contribution in [3.05, 3.63) is 56.1 Å². The van der Waals surface area contributed by atoms with Crippen LogP contribution in [0.3, 0.4) is 0 Å². The Kier molecular flexibility index (Phi) is 5.05. The SMILES string of the molecule is O=C1NC(=O)/C(=C/c2ccc(OCCc3cccs3)cc2Cl)S1. The maximum Gasteiger partial charge on any atom is 0.290 e. The maximum atomic E-state index is 11.5. The Labute approximate surface area is 146 Å². The normalized spacial score (nSPS) is 16.0. The summed E-state index contributed by atoms with van der Waals surface area (Å²) in [6.45, 7) is 0.573. The highest BCUT2D eigenvalue weighted by atomic mass is 35.5. The lowest BCUT2D eigenvalue weighted by molar-refractivity contribution is -0.115. The minimum absolute atomic E-state index is 0.336. The summed E-state index contributed by atoms with van der Waals surface area (Å²) >= 11 is 8.79. The molecule has 118 valence electrons. The monoisotopic (exact) mass is 365 g/mol. The van der Waals surface area contributed by atoms with Crippen LogP contribution in [0.15, 0.2) is 40.6 Å². The van der Waals surface area contributed by atoms with E-state index in [1.807, 2.05) is 11.4 Å². The third-order valence-corrected chi connectivity index (χ3v) is 5.17. The summed E-state index contributed by atoms with van der Waals surface area (Å²) in [5, 5.41) is 4.35. The molecule has 7 heteroatoms. The predicted molar refractivity (Wildman–Crippen MR) is 94.1 cm³/mol. The lowest BCUT2D eigenvalue weighted by Crippen LogP contribution is -2.17. The number of ether oxygens (including phenoxy) is 1. The van der Waals surface area contributed by atoms with Gasteiger partial charge in [-0.15, -0.1) is 11.3 Å². The summed E-state index contributed by atoms with van der Waals surface area (Å²) in [6.07, 6.45) is 2.45. The Morgan fingerprint density at radius 2 is 2.13 bits per heavy atom. The van der Waals surface area contributed by atoms with Gasteiger partial charge in [0.1, 0.15) is 5.75 Å². The summed E-state index contributed by atoms with van der Waals surface area (Å²) in [5.41, 5.74) is 0.671. The third kappa shape index (κ3) is 4.16. The fourth-order valence-corrected chi connectivity index (χ4v) is 3.59. The van der Waals surface area contributed by atoms with Gasteiger partial charge in [0, 0.05) is 11.3 Å². The first kappa shape index (κ1) is 16.1. The van der Waals surface area contributed by atoms with E-state index >= 15 is 0 Å². The molecule has 1 aliphatic rings. The first-order valence-electron chi connectivity index (χ1n) is 6.81. The number of carbonyl (C=O) groups excluding carboxylic acids is 2. The van der Waals surface area contributed by atoms with E-state index in [4.69, 9.17) is 16.3 Å². The van der Waals surface area contributed by atoms with Crippen molar-refractivity contribution >= 4 is 51.9 Å². The van der Waals surface area contributed by atoms with E-state index in [0.717, 1.165) is 18.2 Å². The molecule has 1 saturated heterocycles. The standard InChI is InChI=1S/C16H12ClNO3S2/c17-13-9-11(21-6-5-12-2-1-7-22-12)4-3-10(13)8-14-15(19)18-16(20)23-14/h1-4,7-9H,5-6H2,(H,18,19,20)/b14-8-. The van der Waals surface area contributed by atoms with E-state index in [2.05, 4.69) is 11.4 Å². The Hall–Kier alpha value is -1.76. The van der Waals surface area contributed by atoms with Crippen molar-refractivity contribution in [1.29, 1.82) is 0 Å². The molecule has 1 aromatic heterocycles. The first-order valence-corrected chi connectivity index (χ1v) is 8.89. The maximum absolute atomic E-state index is 11.5. The second-order valence-electron chi connectivity index (χ2n) is 4.71. The van der Waals surface area contributed by atoms with Crippen molar-refractivity contribution in [3.8, 4) is 5.75 Å². The number of rotatable bonds is 5. The molecule has 1 aliphatic heterocycles. The number of thiophene rings is 1. The number of thioether (sulfide) groups is 1. The number of imide groups is 1. The van der Waals surface area contributed by atoms with Gasteiger partial charge < -0.3 is 4.74 Å². The Balaban J connectivity index is 1.65. The van der Waals surface area contributed by atoms with Gasteiger partial charge in [-0.2, -0.15) is 0 Å². The topological polar surface area (TPSA) is 55.4 Å². The number of nitrogens with one attached hydrogen (secondary N) is 1. The first-order chi connectivity index (χ1) is 11.1. The van der Waals surface area contributed by atoms with Crippen molar-refractivity contribution < 1.29 is 14.3 Å². The second-order valence-corrected chi connectivity index (χ2v) is 7.17. The summed E-state index contributed by atoms with van der Waals surface area (Å²) in [7, 11) is 0. The summed E-state index contributed by atoms with van der Waals surface area (Å²) in [4.78, 5) is 24.3. The van der Waals surface area contributed by atoms with Crippen LogP contribution in [0, 0.1) is 0 Å². The summed E-state index contributed by atoms with van der Waals surface area (Å²) in [5.74, 6) is 0.278. The van der Waals surface area contributed by atoms with E-state index in [1.165, 1.54) is 4.88 Å². The molecule has 1 aromatic carbocycles. The molecule has 1 N–H and O–H groups in total. The van der Waals surface area contributed by atoms with Crippen molar-refractivity contribution in [2.45, 2.75) is 6.42 Å². The highest BCUT2D eigenvalue weighted by Gasteiger charge is 2.25. The number of carbonyl (C=O) groups is 2. The molecule has 3 rings (SSSR count). The zero-order valence-corrected chi connectivity index (χ0v) is 14.3. The van der Waals surface area contributed by atoms with E-state index in [9.17, 15) is 9.59 Å². The zero-order chi connectivity index (χ0) is 16.2. The van der Waals surface area contributed by atoms with Crippen LogP contribution in [-0.2, 0) is 11.2 Å². The molecule has 2 amide bonds. The van der Waals surface area contributed by atoms with E-state index in [0.29, 0.717) is 27.8 Å². The van der Waals surface area contributed by atoms with Gasteiger partial charge in [-0.3, -0.25) is 14.9 Å².